The third-order valence-electron chi connectivity index (χ3n) is 4.67. The van der Waals surface area contributed by atoms with Gasteiger partial charge in [-0.3, -0.25) is 4.79 Å². The molecule has 0 saturated heterocycles. The lowest BCUT2D eigenvalue weighted by Gasteiger charge is -2.11. The van der Waals surface area contributed by atoms with Crippen molar-refractivity contribution in [3.05, 3.63) is 54.2 Å². The normalized spacial score (nSPS) is 12.5. The monoisotopic (exact) mass is 491 g/mol. The van der Waals surface area contributed by atoms with E-state index in [-0.39, 0.29) is 35.7 Å². The zero-order chi connectivity index (χ0) is 24.1. The van der Waals surface area contributed by atoms with Crippen molar-refractivity contribution in [1.29, 1.82) is 0 Å². The Morgan fingerprint density at radius 1 is 1.09 bits per heavy atom. The van der Waals surface area contributed by atoms with Crippen molar-refractivity contribution in [2.75, 3.05) is 24.5 Å². The molecule has 1 aliphatic heterocycles. The lowest BCUT2D eigenvalue weighted by Crippen LogP contribution is -2.13. The first-order chi connectivity index (χ1) is 16.3. The molecule has 0 aliphatic carbocycles. The molecule has 2 heterocycles. The second-order valence-electron chi connectivity index (χ2n) is 7.09. The van der Waals surface area contributed by atoms with E-state index in [0.29, 0.717) is 35.1 Å². The summed E-state index contributed by atoms with van der Waals surface area (Å²) in [6.07, 6.45) is -4.58. The second-order valence-corrected chi connectivity index (χ2v) is 8.15. The molecule has 178 valence electrons. The molecule has 3 aromatic rings. The molecule has 0 spiro atoms. The molecule has 11 heteroatoms. The number of halogens is 3. The topological polar surface area (TPSA) is 82.6 Å². The first-order valence-corrected chi connectivity index (χ1v) is 11.3. The molecule has 1 N–H and O–H groups in total. The van der Waals surface area contributed by atoms with Gasteiger partial charge in [-0.25, -0.2) is 9.97 Å². The zero-order valence-corrected chi connectivity index (χ0v) is 18.8. The van der Waals surface area contributed by atoms with E-state index in [1.807, 2.05) is 6.92 Å². The largest absolute Gasteiger partial charge is 0.494 e. The van der Waals surface area contributed by atoms with Gasteiger partial charge in [-0.1, -0.05) is 11.8 Å². The van der Waals surface area contributed by atoms with Crippen LogP contribution in [-0.4, -0.2) is 35.0 Å². The highest BCUT2D eigenvalue weighted by Gasteiger charge is 2.34. The summed E-state index contributed by atoms with van der Waals surface area (Å²) < 4.78 is 56.2. The number of fused-ring (bicyclic) bond motifs is 1. The van der Waals surface area contributed by atoms with Gasteiger partial charge in [0, 0.05) is 23.4 Å². The van der Waals surface area contributed by atoms with Crippen LogP contribution < -0.4 is 19.5 Å². The van der Waals surface area contributed by atoms with Crippen LogP contribution >= 0.6 is 11.8 Å². The van der Waals surface area contributed by atoms with Gasteiger partial charge < -0.3 is 19.5 Å². The molecule has 7 nitrogen and oxygen atoms in total. The predicted octanol–water partition coefficient (Wildman–Crippen LogP) is 5.41. The summed E-state index contributed by atoms with van der Waals surface area (Å²) >= 11 is 0.974. The van der Waals surface area contributed by atoms with Crippen molar-refractivity contribution in [2.24, 2.45) is 0 Å². The number of carbonyl (C=O) groups excluding carboxylic acids is 1. The van der Waals surface area contributed by atoms with Gasteiger partial charge in [-0.15, -0.1) is 0 Å². The van der Waals surface area contributed by atoms with E-state index < -0.39 is 11.9 Å². The van der Waals surface area contributed by atoms with Crippen LogP contribution in [0.25, 0.3) is 11.3 Å². The molecule has 0 bridgehead atoms. The van der Waals surface area contributed by atoms with E-state index in [0.717, 1.165) is 17.8 Å². The SMILES string of the molecule is CCOc1ccc(NC(=O)CCSc2nc(-c3ccc4c(c3)OCO4)cc(C(F)(F)F)n2)cc1. The zero-order valence-electron chi connectivity index (χ0n) is 18.0. The van der Waals surface area contributed by atoms with Gasteiger partial charge in [0.1, 0.15) is 11.4 Å². The summed E-state index contributed by atoms with van der Waals surface area (Å²) in [4.78, 5) is 20.1. The van der Waals surface area contributed by atoms with E-state index in [1.165, 1.54) is 0 Å². The number of carbonyl (C=O) groups is 1. The average Bonchev–Trinajstić information content (AvgIpc) is 3.28. The summed E-state index contributed by atoms with van der Waals surface area (Å²) in [6.45, 7) is 2.46. The molecule has 1 aromatic heterocycles. The van der Waals surface area contributed by atoms with Crippen LogP contribution in [0.15, 0.2) is 53.7 Å². The van der Waals surface area contributed by atoms with Crippen LogP contribution in [0.3, 0.4) is 0 Å². The third kappa shape index (κ3) is 5.90. The fourth-order valence-corrected chi connectivity index (χ4v) is 3.89. The summed E-state index contributed by atoms with van der Waals surface area (Å²) in [7, 11) is 0. The molecule has 0 unspecified atom stereocenters. The number of nitrogens with one attached hydrogen (secondary N) is 1. The van der Waals surface area contributed by atoms with Crippen molar-refractivity contribution in [3.8, 4) is 28.5 Å². The fourth-order valence-electron chi connectivity index (χ4n) is 3.10. The second kappa shape index (κ2) is 10.2. The van der Waals surface area contributed by atoms with Crippen molar-refractivity contribution >= 4 is 23.4 Å². The van der Waals surface area contributed by atoms with Crippen molar-refractivity contribution in [3.63, 3.8) is 0 Å². The first kappa shape index (κ1) is 23.7. The van der Waals surface area contributed by atoms with Gasteiger partial charge in [0.05, 0.1) is 12.3 Å². The van der Waals surface area contributed by atoms with Gasteiger partial charge in [0.15, 0.2) is 16.7 Å². The van der Waals surface area contributed by atoms with E-state index in [1.54, 1.807) is 42.5 Å². The molecule has 0 radical (unpaired) electrons. The Bertz CT molecular complexity index is 1170. The van der Waals surface area contributed by atoms with E-state index in [4.69, 9.17) is 14.2 Å². The van der Waals surface area contributed by atoms with Gasteiger partial charge in [0.2, 0.25) is 12.7 Å². The lowest BCUT2D eigenvalue weighted by molar-refractivity contribution is -0.141. The molecule has 0 saturated carbocycles. The predicted molar refractivity (Wildman–Crippen MR) is 120 cm³/mol. The van der Waals surface area contributed by atoms with Crippen LogP contribution in [0.4, 0.5) is 18.9 Å². The standard InChI is InChI=1S/C23H20F3N3O4S/c1-2-31-16-6-4-15(5-7-16)27-21(30)9-10-34-22-28-17(12-20(29-22)23(24,25)26)14-3-8-18-19(11-14)33-13-32-18/h3-8,11-12H,2,9-10,13H2,1H3,(H,27,30). The molecule has 4 rings (SSSR count). The Kier molecular flexibility index (Phi) is 7.11. The number of hydrogen-bond acceptors (Lipinski definition) is 7. The Morgan fingerprint density at radius 3 is 2.59 bits per heavy atom. The summed E-state index contributed by atoms with van der Waals surface area (Å²) in [5, 5.41) is 2.67. The van der Waals surface area contributed by atoms with Crippen LogP contribution in [0.2, 0.25) is 0 Å². The smallest absolute Gasteiger partial charge is 0.433 e. The molecule has 34 heavy (non-hydrogen) atoms. The summed E-state index contributed by atoms with van der Waals surface area (Å²) in [5.41, 5.74) is 0.0737. The minimum absolute atomic E-state index is 0.0518. The number of nitrogens with zero attached hydrogens (tertiary/aromatic N) is 2. The highest BCUT2D eigenvalue weighted by atomic mass is 32.2. The molecular formula is C23H20F3N3O4S. The number of benzene rings is 2. The van der Waals surface area contributed by atoms with E-state index >= 15 is 0 Å². The van der Waals surface area contributed by atoms with Gasteiger partial charge in [0.25, 0.3) is 0 Å². The third-order valence-corrected chi connectivity index (χ3v) is 5.52. The maximum absolute atomic E-state index is 13.4. The molecule has 1 aliphatic rings. The quantitative estimate of drug-likeness (QED) is 0.333. The van der Waals surface area contributed by atoms with Crippen LogP contribution in [0, 0.1) is 0 Å². The number of anilines is 1. The molecular weight excluding hydrogens is 471 g/mol. The van der Waals surface area contributed by atoms with E-state index in [2.05, 4.69) is 15.3 Å². The minimum Gasteiger partial charge on any atom is -0.494 e. The van der Waals surface area contributed by atoms with Crippen molar-refractivity contribution in [1.82, 2.24) is 9.97 Å². The molecule has 0 atom stereocenters. The molecule has 0 fully saturated rings. The number of hydrogen-bond donors (Lipinski definition) is 1. The minimum atomic E-state index is -4.64. The highest BCUT2D eigenvalue weighted by molar-refractivity contribution is 7.99. The number of aromatic nitrogens is 2. The van der Waals surface area contributed by atoms with Gasteiger partial charge >= 0.3 is 6.18 Å². The van der Waals surface area contributed by atoms with E-state index in [9.17, 15) is 18.0 Å². The Labute approximate surface area is 197 Å². The summed E-state index contributed by atoms with van der Waals surface area (Å²) in [5.74, 6) is 1.56. The van der Waals surface area contributed by atoms with Crippen LogP contribution in [0.1, 0.15) is 19.0 Å². The lowest BCUT2D eigenvalue weighted by atomic mass is 10.1. The highest BCUT2D eigenvalue weighted by Crippen LogP contribution is 2.37. The van der Waals surface area contributed by atoms with Gasteiger partial charge in [-0.05, 0) is 55.5 Å². The van der Waals surface area contributed by atoms with Crippen LogP contribution in [-0.2, 0) is 11.0 Å². The van der Waals surface area contributed by atoms with Crippen LogP contribution in [0.5, 0.6) is 17.2 Å². The summed E-state index contributed by atoms with van der Waals surface area (Å²) in [6, 6.07) is 12.6. The average molecular weight is 491 g/mol. The van der Waals surface area contributed by atoms with Crippen molar-refractivity contribution < 1.29 is 32.2 Å². The fraction of sp³-hybridized carbons (Fsp3) is 0.261. The number of rotatable bonds is 8. The Morgan fingerprint density at radius 2 is 1.85 bits per heavy atom. The van der Waals surface area contributed by atoms with Crippen molar-refractivity contribution in [2.45, 2.75) is 24.7 Å². The van der Waals surface area contributed by atoms with Gasteiger partial charge in [-0.2, -0.15) is 13.2 Å². The Hall–Kier alpha value is -3.47. The number of thioether (sulfide) groups is 1. The maximum Gasteiger partial charge on any atom is 0.433 e. The molecule has 2 aromatic carbocycles. The number of amides is 1. The molecule has 1 amide bonds. The number of ether oxygens (including phenoxy) is 3. The maximum atomic E-state index is 13.4. The number of alkyl halides is 3. The first-order valence-electron chi connectivity index (χ1n) is 10.3. The Balaban J connectivity index is 1.43.